The fraction of sp³-hybridized carbons (Fsp3) is 0.308. The lowest BCUT2D eigenvalue weighted by molar-refractivity contribution is 0.0601. The summed E-state index contributed by atoms with van der Waals surface area (Å²) >= 11 is 6.17. The first-order valence-electron chi connectivity index (χ1n) is 5.70. The molecule has 1 N–H and O–H groups in total. The number of nitrogens with one attached hydrogen (secondary N) is 1. The average Bonchev–Trinajstić information content (AvgIpc) is 2.37. The number of alkyl halides is 1. The normalized spacial score (nSPS) is 19.2. The van der Waals surface area contributed by atoms with Crippen LogP contribution in [0.15, 0.2) is 30.2 Å². The molecule has 0 aliphatic carbocycles. The van der Waals surface area contributed by atoms with Gasteiger partial charge in [0.15, 0.2) is 11.3 Å². The standard InChI is InChI=1S/C13H15ClN2O3/c1-16(2)7-11-12(14)15-9-6-8(13(17)18-3)4-5-10(9)19-11/h4-7,12,15H,1-3H3/b11-7-. The van der Waals surface area contributed by atoms with Crippen molar-refractivity contribution in [3.05, 3.63) is 35.7 Å². The van der Waals surface area contributed by atoms with Crippen LogP contribution < -0.4 is 10.1 Å². The van der Waals surface area contributed by atoms with Crippen molar-refractivity contribution in [2.24, 2.45) is 0 Å². The van der Waals surface area contributed by atoms with Crippen LogP contribution in [0, 0.1) is 0 Å². The molecule has 1 aromatic carbocycles. The molecule has 102 valence electrons. The number of carbonyl (C=O) groups is 1. The molecule has 0 spiro atoms. The highest BCUT2D eigenvalue weighted by Gasteiger charge is 2.23. The lowest BCUT2D eigenvalue weighted by Crippen LogP contribution is -2.26. The molecule has 1 aliphatic rings. The van der Waals surface area contributed by atoms with Gasteiger partial charge in [-0.25, -0.2) is 4.79 Å². The second-order valence-corrected chi connectivity index (χ2v) is 4.74. The Labute approximate surface area is 116 Å². The van der Waals surface area contributed by atoms with Crippen LogP contribution in [0.1, 0.15) is 10.4 Å². The predicted octanol–water partition coefficient (Wildman–Crippen LogP) is 2.25. The Balaban J connectivity index is 2.31. The van der Waals surface area contributed by atoms with Crippen LogP contribution in [0.5, 0.6) is 5.75 Å². The Bertz CT molecular complexity index is 529. The third kappa shape index (κ3) is 2.93. The molecule has 19 heavy (non-hydrogen) atoms. The van der Waals surface area contributed by atoms with E-state index in [-0.39, 0.29) is 0 Å². The Morgan fingerprint density at radius 1 is 1.53 bits per heavy atom. The topological polar surface area (TPSA) is 50.8 Å². The Morgan fingerprint density at radius 2 is 2.26 bits per heavy atom. The van der Waals surface area contributed by atoms with Crippen LogP contribution in [0.2, 0.25) is 0 Å². The van der Waals surface area contributed by atoms with Crippen LogP contribution in [0.3, 0.4) is 0 Å². The van der Waals surface area contributed by atoms with E-state index < -0.39 is 11.5 Å². The zero-order valence-electron chi connectivity index (χ0n) is 10.9. The SMILES string of the molecule is COC(=O)c1ccc2c(c1)NC(Cl)/C(=C/N(C)C)O2. The maximum Gasteiger partial charge on any atom is 0.337 e. The van der Waals surface area contributed by atoms with E-state index in [0.717, 1.165) is 0 Å². The number of halogens is 1. The fourth-order valence-corrected chi connectivity index (χ4v) is 1.93. The molecule has 1 atom stereocenters. The maximum atomic E-state index is 11.4. The highest BCUT2D eigenvalue weighted by molar-refractivity contribution is 6.23. The van der Waals surface area contributed by atoms with Crippen molar-refractivity contribution in [2.45, 2.75) is 5.50 Å². The molecular weight excluding hydrogens is 268 g/mol. The zero-order chi connectivity index (χ0) is 14.0. The lowest BCUT2D eigenvalue weighted by atomic mass is 10.1. The van der Waals surface area contributed by atoms with Gasteiger partial charge in [-0.05, 0) is 18.2 Å². The number of carbonyl (C=O) groups excluding carboxylic acids is 1. The Morgan fingerprint density at radius 3 is 2.89 bits per heavy atom. The van der Waals surface area contributed by atoms with E-state index in [9.17, 15) is 4.79 Å². The molecule has 0 saturated carbocycles. The number of anilines is 1. The summed E-state index contributed by atoms with van der Waals surface area (Å²) in [5, 5.41) is 3.07. The predicted molar refractivity (Wildman–Crippen MR) is 73.4 cm³/mol. The van der Waals surface area contributed by atoms with Crippen molar-refractivity contribution < 1.29 is 14.3 Å². The van der Waals surface area contributed by atoms with Gasteiger partial charge in [0, 0.05) is 20.3 Å². The third-order valence-corrected chi connectivity index (χ3v) is 2.87. The van der Waals surface area contributed by atoms with Gasteiger partial charge in [0.1, 0.15) is 5.75 Å². The number of hydrogen-bond donors (Lipinski definition) is 1. The number of benzene rings is 1. The van der Waals surface area contributed by atoms with Crippen molar-refractivity contribution in [1.29, 1.82) is 0 Å². The van der Waals surface area contributed by atoms with Gasteiger partial charge in [-0.1, -0.05) is 11.6 Å². The number of rotatable bonds is 2. The molecular formula is C13H15ClN2O3. The van der Waals surface area contributed by atoms with Gasteiger partial charge in [0.2, 0.25) is 0 Å². The Kier molecular flexibility index (Phi) is 3.85. The van der Waals surface area contributed by atoms with E-state index in [1.807, 2.05) is 19.0 Å². The Hall–Kier alpha value is -1.88. The highest BCUT2D eigenvalue weighted by Crippen LogP contribution is 2.35. The summed E-state index contributed by atoms with van der Waals surface area (Å²) in [5.41, 5.74) is 0.628. The fourth-order valence-electron chi connectivity index (χ4n) is 1.71. The first-order valence-corrected chi connectivity index (χ1v) is 6.14. The molecule has 0 bridgehead atoms. The highest BCUT2D eigenvalue weighted by atomic mass is 35.5. The van der Waals surface area contributed by atoms with Crippen molar-refractivity contribution >= 4 is 23.3 Å². The minimum absolute atomic E-state index is 0.398. The molecule has 0 saturated heterocycles. The largest absolute Gasteiger partial charge is 0.465 e. The average molecular weight is 283 g/mol. The second-order valence-electron chi connectivity index (χ2n) is 4.31. The summed E-state index contributed by atoms with van der Waals surface area (Å²) in [4.78, 5) is 13.3. The van der Waals surface area contributed by atoms with E-state index >= 15 is 0 Å². The van der Waals surface area contributed by atoms with E-state index in [2.05, 4.69) is 10.1 Å². The number of nitrogens with zero attached hydrogens (tertiary/aromatic N) is 1. The molecule has 5 nitrogen and oxygen atoms in total. The molecule has 1 aromatic rings. The number of methoxy groups -OCH3 is 1. The summed E-state index contributed by atoms with van der Waals surface area (Å²) in [7, 11) is 5.11. The quantitative estimate of drug-likeness (QED) is 0.512. The van der Waals surface area contributed by atoms with Gasteiger partial charge >= 0.3 is 5.97 Å². The van der Waals surface area contributed by atoms with Crippen LogP contribution in [-0.2, 0) is 4.74 Å². The minimum atomic E-state index is -0.484. The van der Waals surface area contributed by atoms with Gasteiger partial charge in [0.25, 0.3) is 0 Å². The summed E-state index contributed by atoms with van der Waals surface area (Å²) in [6.07, 6.45) is 1.79. The lowest BCUT2D eigenvalue weighted by Gasteiger charge is -2.26. The molecule has 0 fully saturated rings. The van der Waals surface area contributed by atoms with E-state index in [0.29, 0.717) is 22.8 Å². The summed E-state index contributed by atoms with van der Waals surface area (Å²) in [5.74, 6) is 0.827. The molecule has 6 heteroatoms. The molecule has 1 aliphatic heterocycles. The monoisotopic (exact) mass is 282 g/mol. The van der Waals surface area contributed by atoms with Crippen LogP contribution in [0.25, 0.3) is 0 Å². The summed E-state index contributed by atoms with van der Waals surface area (Å²) in [6, 6.07) is 5.01. The first-order chi connectivity index (χ1) is 9.01. The van der Waals surface area contributed by atoms with Gasteiger partial charge < -0.3 is 19.7 Å². The van der Waals surface area contributed by atoms with Crippen LogP contribution in [0.4, 0.5) is 5.69 Å². The van der Waals surface area contributed by atoms with Gasteiger partial charge in [-0.2, -0.15) is 0 Å². The van der Waals surface area contributed by atoms with E-state index in [4.69, 9.17) is 16.3 Å². The van der Waals surface area contributed by atoms with Crippen LogP contribution in [-0.4, -0.2) is 37.6 Å². The number of fused-ring (bicyclic) bond motifs is 1. The maximum absolute atomic E-state index is 11.4. The first kappa shape index (κ1) is 13.5. The number of esters is 1. The summed E-state index contributed by atoms with van der Waals surface area (Å²) < 4.78 is 10.4. The van der Waals surface area contributed by atoms with E-state index in [1.54, 1.807) is 24.4 Å². The smallest absolute Gasteiger partial charge is 0.337 e. The van der Waals surface area contributed by atoms with Crippen LogP contribution >= 0.6 is 11.6 Å². The second kappa shape index (κ2) is 5.40. The van der Waals surface area contributed by atoms with Crippen molar-refractivity contribution in [3.8, 4) is 5.75 Å². The van der Waals surface area contributed by atoms with Gasteiger partial charge in [0.05, 0.1) is 18.4 Å². The number of hydrogen-bond acceptors (Lipinski definition) is 5. The summed E-state index contributed by atoms with van der Waals surface area (Å²) in [6.45, 7) is 0. The zero-order valence-corrected chi connectivity index (χ0v) is 11.7. The minimum Gasteiger partial charge on any atom is -0.465 e. The number of ether oxygens (including phenoxy) is 2. The van der Waals surface area contributed by atoms with Crippen molar-refractivity contribution in [3.63, 3.8) is 0 Å². The molecule has 0 aromatic heterocycles. The molecule has 1 heterocycles. The van der Waals surface area contributed by atoms with E-state index in [1.165, 1.54) is 7.11 Å². The van der Waals surface area contributed by atoms with Crippen molar-refractivity contribution in [1.82, 2.24) is 4.90 Å². The molecule has 1 unspecified atom stereocenters. The third-order valence-electron chi connectivity index (χ3n) is 2.55. The van der Waals surface area contributed by atoms with Crippen molar-refractivity contribution in [2.75, 3.05) is 26.5 Å². The van der Waals surface area contributed by atoms with Gasteiger partial charge in [-0.15, -0.1) is 0 Å². The molecule has 0 radical (unpaired) electrons. The molecule has 2 rings (SSSR count). The van der Waals surface area contributed by atoms with Gasteiger partial charge in [-0.3, -0.25) is 0 Å². The molecule has 0 amide bonds.